The highest BCUT2D eigenvalue weighted by atomic mass is 35.5. The highest BCUT2D eigenvalue weighted by Crippen LogP contribution is 2.24. The number of benzene rings is 1. The maximum absolute atomic E-state index is 10.2. The normalized spacial score (nSPS) is 10.5. The van der Waals surface area contributed by atoms with Gasteiger partial charge < -0.3 is 15.1 Å². The molecule has 0 unspecified atom stereocenters. The molecule has 0 amide bonds. The molecule has 1 rings (SSSR count). The number of carboxylic acids is 1. The molecular weight excluding hydrogens is 222 g/mol. The van der Waals surface area contributed by atoms with Gasteiger partial charge >= 0.3 is 5.97 Å². The van der Waals surface area contributed by atoms with Gasteiger partial charge in [-0.05, 0) is 23.8 Å². The van der Waals surface area contributed by atoms with Gasteiger partial charge in [-0.3, -0.25) is 0 Å². The second-order valence-corrected chi connectivity index (χ2v) is 3.02. The minimum absolute atomic E-state index is 0.258. The molecule has 1 aromatic carbocycles. The van der Waals surface area contributed by atoms with Crippen LogP contribution in [0.5, 0.6) is 5.75 Å². The molecule has 0 saturated heterocycles. The zero-order chi connectivity index (χ0) is 11.3. The average molecular weight is 230 g/mol. The van der Waals surface area contributed by atoms with E-state index in [0.29, 0.717) is 5.56 Å². The van der Waals surface area contributed by atoms with Crippen LogP contribution < -0.4 is 4.74 Å². The van der Waals surface area contributed by atoms with Gasteiger partial charge in [-0.15, -0.1) is 0 Å². The summed E-state index contributed by atoms with van der Waals surface area (Å²) in [4.78, 5) is 10.2. The molecule has 0 heterocycles. The quantitative estimate of drug-likeness (QED) is 0.467. The Kier molecular flexibility index (Phi) is 3.93. The van der Waals surface area contributed by atoms with E-state index >= 15 is 0 Å². The van der Waals surface area contributed by atoms with Crippen molar-refractivity contribution in [1.82, 2.24) is 0 Å². The summed E-state index contributed by atoms with van der Waals surface area (Å²) in [5.41, 5.74) is 0.588. The van der Waals surface area contributed by atoms with Crippen molar-refractivity contribution in [2.45, 2.75) is 0 Å². The number of nitrogens with zero attached hydrogens (tertiary/aromatic N) is 1. The lowest BCUT2D eigenvalue weighted by molar-refractivity contribution is -0.139. The van der Waals surface area contributed by atoms with Gasteiger partial charge in [-0.25, -0.2) is 4.79 Å². The third-order valence-corrected chi connectivity index (χ3v) is 1.81. The van der Waals surface area contributed by atoms with Crippen LogP contribution in [-0.4, -0.2) is 29.1 Å². The van der Waals surface area contributed by atoms with Crippen molar-refractivity contribution in [1.29, 1.82) is 0 Å². The lowest BCUT2D eigenvalue weighted by atomic mass is 10.2. The van der Waals surface area contributed by atoms with E-state index < -0.39 is 12.6 Å². The first kappa shape index (κ1) is 11.3. The average Bonchev–Trinajstić information content (AvgIpc) is 2.17. The molecular formula is C9H8ClNO4. The molecule has 0 radical (unpaired) electrons. The van der Waals surface area contributed by atoms with Crippen molar-refractivity contribution in [2.24, 2.45) is 5.16 Å². The maximum Gasteiger partial charge on any atom is 0.341 e. The smallest absolute Gasteiger partial charge is 0.341 e. The predicted molar refractivity (Wildman–Crippen MR) is 54.0 cm³/mol. The molecule has 15 heavy (non-hydrogen) atoms. The van der Waals surface area contributed by atoms with E-state index in [0.717, 1.165) is 0 Å². The van der Waals surface area contributed by atoms with Crippen LogP contribution in [0.3, 0.4) is 0 Å². The molecule has 0 aliphatic heterocycles. The van der Waals surface area contributed by atoms with Crippen molar-refractivity contribution in [3.05, 3.63) is 28.8 Å². The van der Waals surface area contributed by atoms with Gasteiger partial charge in [-0.1, -0.05) is 16.8 Å². The SMILES string of the molecule is O=C(O)COc1ccc(/C=N/O)cc1Cl. The fourth-order valence-electron chi connectivity index (χ4n) is 0.921. The molecule has 0 atom stereocenters. The summed E-state index contributed by atoms with van der Waals surface area (Å²) < 4.78 is 4.89. The van der Waals surface area contributed by atoms with Crippen LogP contribution in [0.4, 0.5) is 0 Å². The summed E-state index contributed by atoms with van der Waals surface area (Å²) in [5.74, 6) is -0.804. The van der Waals surface area contributed by atoms with Crippen molar-refractivity contribution < 1.29 is 19.8 Å². The van der Waals surface area contributed by atoms with Gasteiger partial charge in [-0.2, -0.15) is 0 Å². The highest BCUT2D eigenvalue weighted by Gasteiger charge is 2.04. The van der Waals surface area contributed by atoms with E-state index in [9.17, 15) is 4.79 Å². The largest absolute Gasteiger partial charge is 0.480 e. The molecule has 6 heteroatoms. The van der Waals surface area contributed by atoms with E-state index in [1.807, 2.05) is 0 Å². The van der Waals surface area contributed by atoms with Gasteiger partial charge in [0, 0.05) is 0 Å². The zero-order valence-electron chi connectivity index (χ0n) is 7.55. The predicted octanol–water partition coefficient (Wildman–Crippen LogP) is 1.61. The number of rotatable bonds is 4. The van der Waals surface area contributed by atoms with Crippen molar-refractivity contribution >= 4 is 23.8 Å². The van der Waals surface area contributed by atoms with E-state index in [2.05, 4.69) is 5.16 Å². The molecule has 0 saturated carbocycles. The van der Waals surface area contributed by atoms with E-state index in [-0.39, 0.29) is 10.8 Å². The minimum atomic E-state index is -1.08. The van der Waals surface area contributed by atoms with Crippen LogP contribution in [0.15, 0.2) is 23.4 Å². The molecule has 1 aromatic rings. The fourth-order valence-corrected chi connectivity index (χ4v) is 1.16. The first-order valence-electron chi connectivity index (χ1n) is 3.95. The number of halogens is 1. The Bertz CT molecular complexity index is 392. The molecule has 0 bridgehead atoms. The Morgan fingerprint density at radius 1 is 1.60 bits per heavy atom. The first-order chi connectivity index (χ1) is 7.13. The molecule has 2 N–H and O–H groups in total. The van der Waals surface area contributed by atoms with Crippen LogP contribution >= 0.6 is 11.6 Å². The molecule has 0 spiro atoms. The number of oxime groups is 1. The molecule has 5 nitrogen and oxygen atoms in total. The molecule has 80 valence electrons. The Labute approximate surface area is 90.5 Å². The standard InChI is InChI=1S/C9H8ClNO4/c10-7-3-6(4-11-14)1-2-8(7)15-5-9(12)13/h1-4,14H,5H2,(H,12,13)/b11-4+. The van der Waals surface area contributed by atoms with Crippen molar-refractivity contribution in [3.63, 3.8) is 0 Å². The van der Waals surface area contributed by atoms with Gasteiger partial charge in [0.15, 0.2) is 6.61 Å². The monoisotopic (exact) mass is 229 g/mol. The lowest BCUT2D eigenvalue weighted by Gasteiger charge is -2.05. The van der Waals surface area contributed by atoms with Crippen LogP contribution in [0.25, 0.3) is 0 Å². The van der Waals surface area contributed by atoms with Crippen LogP contribution in [0.1, 0.15) is 5.56 Å². The summed E-state index contributed by atoms with van der Waals surface area (Å²) in [6.07, 6.45) is 1.20. The first-order valence-corrected chi connectivity index (χ1v) is 4.33. The Balaban J connectivity index is 2.78. The number of carboxylic acid groups (broad SMARTS) is 1. The van der Waals surface area contributed by atoms with Gasteiger partial charge in [0.1, 0.15) is 5.75 Å². The van der Waals surface area contributed by atoms with E-state index in [1.165, 1.54) is 18.3 Å². The molecule has 0 aliphatic rings. The number of ether oxygens (including phenoxy) is 1. The maximum atomic E-state index is 10.2. The van der Waals surface area contributed by atoms with Crippen LogP contribution in [-0.2, 0) is 4.79 Å². The number of aliphatic carboxylic acids is 1. The summed E-state index contributed by atoms with van der Waals surface area (Å²) >= 11 is 5.79. The Hall–Kier alpha value is -1.75. The molecule has 0 aromatic heterocycles. The molecule has 0 fully saturated rings. The number of hydrogen-bond acceptors (Lipinski definition) is 4. The van der Waals surface area contributed by atoms with Gasteiger partial charge in [0.05, 0.1) is 11.2 Å². The number of hydrogen-bond donors (Lipinski definition) is 2. The lowest BCUT2D eigenvalue weighted by Crippen LogP contribution is -2.09. The van der Waals surface area contributed by atoms with Crippen LogP contribution in [0, 0.1) is 0 Å². The summed E-state index contributed by atoms with van der Waals surface area (Å²) in [5, 5.41) is 19.7. The second kappa shape index (κ2) is 5.21. The topological polar surface area (TPSA) is 79.1 Å². The van der Waals surface area contributed by atoms with Gasteiger partial charge in [0.2, 0.25) is 0 Å². The second-order valence-electron chi connectivity index (χ2n) is 2.62. The minimum Gasteiger partial charge on any atom is -0.480 e. The third kappa shape index (κ3) is 3.47. The Morgan fingerprint density at radius 2 is 2.33 bits per heavy atom. The summed E-state index contributed by atoms with van der Waals surface area (Å²) in [6, 6.07) is 4.59. The summed E-state index contributed by atoms with van der Waals surface area (Å²) in [6.45, 7) is -0.451. The van der Waals surface area contributed by atoms with Crippen LogP contribution in [0.2, 0.25) is 5.02 Å². The Morgan fingerprint density at radius 3 is 2.87 bits per heavy atom. The summed E-state index contributed by atoms with van der Waals surface area (Å²) in [7, 11) is 0. The molecule has 0 aliphatic carbocycles. The number of carbonyl (C=O) groups is 1. The van der Waals surface area contributed by atoms with E-state index in [4.69, 9.17) is 26.7 Å². The van der Waals surface area contributed by atoms with Crippen molar-refractivity contribution in [3.8, 4) is 5.75 Å². The van der Waals surface area contributed by atoms with Gasteiger partial charge in [0.25, 0.3) is 0 Å². The third-order valence-electron chi connectivity index (χ3n) is 1.51. The fraction of sp³-hybridized carbons (Fsp3) is 0.111. The zero-order valence-corrected chi connectivity index (χ0v) is 8.31. The van der Waals surface area contributed by atoms with E-state index in [1.54, 1.807) is 6.07 Å². The van der Waals surface area contributed by atoms with Crippen molar-refractivity contribution in [2.75, 3.05) is 6.61 Å². The highest BCUT2D eigenvalue weighted by molar-refractivity contribution is 6.32.